The summed E-state index contributed by atoms with van der Waals surface area (Å²) >= 11 is 7.58. The van der Waals surface area contributed by atoms with E-state index in [2.05, 4.69) is 14.9 Å². The molecule has 1 fully saturated rings. The largest absolute Gasteiger partial charge is 0.495 e. The van der Waals surface area contributed by atoms with Gasteiger partial charge in [-0.3, -0.25) is 0 Å². The van der Waals surface area contributed by atoms with Gasteiger partial charge in [0, 0.05) is 24.8 Å². The molecule has 1 aliphatic rings. The highest BCUT2D eigenvalue weighted by Gasteiger charge is 2.23. The highest BCUT2D eigenvalue weighted by Crippen LogP contribution is 2.43. The molecule has 1 saturated heterocycles. The number of para-hydroxylation sites is 1. The Bertz CT molecular complexity index is 959. The van der Waals surface area contributed by atoms with Crippen LogP contribution in [0.4, 0.5) is 10.8 Å². The van der Waals surface area contributed by atoms with Crippen LogP contribution < -0.4 is 15.4 Å². The van der Waals surface area contributed by atoms with Crippen LogP contribution in [0.3, 0.4) is 0 Å². The van der Waals surface area contributed by atoms with Gasteiger partial charge in [0.25, 0.3) is 0 Å². The third-order valence-corrected chi connectivity index (χ3v) is 5.62. The fourth-order valence-electron chi connectivity index (χ4n) is 2.94. The molecule has 4 rings (SSSR count). The molecule has 2 N–H and O–H groups in total. The molecule has 0 amide bonds. The first kappa shape index (κ1) is 18.0. The van der Waals surface area contributed by atoms with Crippen molar-refractivity contribution in [1.82, 2.24) is 15.0 Å². The summed E-state index contributed by atoms with van der Waals surface area (Å²) in [6, 6.07) is 7.48. The zero-order chi connectivity index (χ0) is 18.8. The Morgan fingerprint density at radius 1 is 1.22 bits per heavy atom. The summed E-state index contributed by atoms with van der Waals surface area (Å²) in [5.74, 6) is 0.611. The smallest absolute Gasteiger partial charge is 0.222 e. The number of hydrogen-bond acceptors (Lipinski definition) is 8. The molecule has 1 aliphatic heterocycles. The highest BCUT2D eigenvalue weighted by molar-refractivity contribution is 7.19. The summed E-state index contributed by atoms with van der Waals surface area (Å²) in [6.07, 6.45) is 1.64. The lowest BCUT2D eigenvalue weighted by atomic mass is 10.1. The summed E-state index contributed by atoms with van der Waals surface area (Å²) in [5, 5.41) is 1.10. The summed E-state index contributed by atoms with van der Waals surface area (Å²) in [5.41, 5.74) is 9.15. The second-order valence-corrected chi connectivity index (χ2v) is 7.22. The van der Waals surface area contributed by atoms with Crippen LogP contribution in [0, 0.1) is 0 Å². The lowest BCUT2D eigenvalue weighted by Gasteiger charge is -2.26. The van der Waals surface area contributed by atoms with E-state index in [0.717, 1.165) is 34.4 Å². The number of aromatic nitrogens is 3. The average Bonchev–Trinajstić information content (AvgIpc) is 3.14. The van der Waals surface area contributed by atoms with E-state index in [-0.39, 0.29) is 5.28 Å². The van der Waals surface area contributed by atoms with E-state index in [1.165, 1.54) is 0 Å². The van der Waals surface area contributed by atoms with Crippen LogP contribution in [0.1, 0.15) is 0 Å². The van der Waals surface area contributed by atoms with Gasteiger partial charge in [0.2, 0.25) is 5.28 Å². The molecule has 3 heterocycles. The Morgan fingerprint density at radius 3 is 2.78 bits per heavy atom. The summed E-state index contributed by atoms with van der Waals surface area (Å²) in [4.78, 5) is 16.3. The van der Waals surface area contributed by atoms with Crippen molar-refractivity contribution in [2.45, 2.75) is 0 Å². The number of nitrogens with two attached hydrogens (primary N) is 1. The van der Waals surface area contributed by atoms with Gasteiger partial charge >= 0.3 is 0 Å². The number of rotatable bonds is 4. The Balaban J connectivity index is 1.87. The monoisotopic (exact) mass is 403 g/mol. The normalized spacial score (nSPS) is 14.4. The predicted octanol–water partition coefficient (Wildman–Crippen LogP) is 3.35. The van der Waals surface area contributed by atoms with E-state index in [4.69, 9.17) is 31.8 Å². The maximum Gasteiger partial charge on any atom is 0.222 e. The molecule has 3 aromatic rings. The molecule has 0 radical (unpaired) electrons. The number of benzene rings is 1. The predicted molar refractivity (Wildman–Crippen MR) is 108 cm³/mol. The Morgan fingerprint density at radius 2 is 2.04 bits per heavy atom. The number of hydrogen-bond donors (Lipinski definition) is 1. The lowest BCUT2D eigenvalue weighted by Crippen LogP contribution is -2.36. The van der Waals surface area contributed by atoms with E-state index in [1.807, 2.05) is 24.3 Å². The lowest BCUT2D eigenvalue weighted by molar-refractivity contribution is 0.122. The summed E-state index contributed by atoms with van der Waals surface area (Å²) in [6.45, 7) is 2.96. The molecule has 0 unspecified atom stereocenters. The molecular formula is C18H18ClN5O2S. The zero-order valence-corrected chi connectivity index (χ0v) is 16.3. The molecule has 0 saturated carbocycles. The first-order chi connectivity index (χ1) is 13.2. The molecule has 27 heavy (non-hydrogen) atoms. The van der Waals surface area contributed by atoms with E-state index in [9.17, 15) is 0 Å². The Hall–Kier alpha value is -2.42. The van der Waals surface area contributed by atoms with Gasteiger partial charge in [0.1, 0.15) is 5.75 Å². The van der Waals surface area contributed by atoms with Crippen molar-refractivity contribution >= 4 is 33.8 Å². The van der Waals surface area contributed by atoms with Crippen molar-refractivity contribution in [3.63, 3.8) is 0 Å². The molecule has 0 aliphatic carbocycles. The standard InChI is InChI=1S/C18H18ClN5O2S/c1-25-13-4-2-3-11(14(13)20)15-16(12-5-6-21-17(19)22-12)27-18(23-15)24-7-9-26-10-8-24/h2-6H,7-10,20H2,1H3. The zero-order valence-electron chi connectivity index (χ0n) is 14.7. The van der Waals surface area contributed by atoms with Crippen molar-refractivity contribution in [3.8, 4) is 27.6 Å². The van der Waals surface area contributed by atoms with Crippen LogP contribution in [0.5, 0.6) is 5.75 Å². The number of methoxy groups -OCH3 is 1. The van der Waals surface area contributed by atoms with E-state index >= 15 is 0 Å². The van der Waals surface area contributed by atoms with Gasteiger partial charge in [-0.1, -0.05) is 23.5 Å². The van der Waals surface area contributed by atoms with Crippen LogP contribution in [-0.2, 0) is 4.74 Å². The Kier molecular flexibility index (Phi) is 5.11. The molecule has 0 bridgehead atoms. The van der Waals surface area contributed by atoms with E-state index in [1.54, 1.807) is 24.6 Å². The molecule has 140 valence electrons. The van der Waals surface area contributed by atoms with Gasteiger partial charge in [-0.2, -0.15) is 0 Å². The van der Waals surface area contributed by atoms with Crippen LogP contribution in [0.25, 0.3) is 21.8 Å². The third-order valence-electron chi connectivity index (χ3n) is 4.30. The SMILES string of the molecule is COc1cccc(-c2nc(N3CCOCC3)sc2-c2ccnc(Cl)n2)c1N. The fraction of sp³-hybridized carbons (Fsp3) is 0.278. The van der Waals surface area contributed by atoms with Crippen molar-refractivity contribution in [2.24, 2.45) is 0 Å². The average molecular weight is 404 g/mol. The van der Waals surface area contributed by atoms with Gasteiger partial charge in [0.15, 0.2) is 5.13 Å². The molecule has 1 aromatic carbocycles. The first-order valence-electron chi connectivity index (χ1n) is 8.42. The van der Waals surface area contributed by atoms with Gasteiger partial charge < -0.3 is 20.1 Å². The van der Waals surface area contributed by atoms with Gasteiger partial charge in [-0.05, 0) is 23.7 Å². The Labute approximate surface area is 165 Å². The minimum absolute atomic E-state index is 0.193. The van der Waals surface area contributed by atoms with Crippen LogP contribution in [-0.4, -0.2) is 48.4 Å². The van der Waals surface area contributed by atoms with E-state index < -0.39 is 0 Å². The number of nitrogens with zero attached hydrogens (tertiary/aromatic N) is 4. The number of morpholine rings is 1. The first-order valence-corrected chi connectivity index (χ1v) is 9.62. The molecule has 0 spiro atoms. The van der Waals surface area contributed by atoms with Crippen molar-refractivity contribution in [2.75, 3.05) is 44.0 Å². The number of halogens is 1. The van der Waals surface area contributed by atoms with Crippen LogP contribution in [0.15, 0.2) is 30.5 Å². The van der Waals surface area contributed by atoms with Gasteiger partial charge in [0.05, 0.1) is 42.3 Å². The minimum Gasteiger partial charge on any atom is -0.495 e. The minimum atomic E-state index is 0.193. The third kappa shape index (κ3) is 3.55. The van der Waals surface area contributed by atoms with Gasteiger partial charge in [-0.15, -0.1) is 0 Å². The second-order valence-electron chi connectivity index (χ2n) is 5.91. The molecular weight excluding hydrogens is 386 g/mol. The maximum atomic E-state index is 6.34. The molecule has 2 aromatic heterocycles. The molecule has 7 nitrogen and oxygen atoms in total. The number of thiazole rings is 1. The number of nitrogen functional groups attached to an aromatic ring is 1. The number of anilines is 2. The highest BCUT2D eigenvalue weighted by atomic mass is 35.5. The second kappa shape index (κ2) is 7.67. The molecule has 0 atom stereocenters. The number of ether oxygens (including phenoxy) is 2. The topological polar surface area (TPSA) is 86.4 Å². The van der Waals surface area contributed by atoms with Crippen LogP contribution >= 0.6 is 22.9 Å². The van der Waals surface area contributed by atoms with Crippen LogP contribution in [0.2, 0.25) is 5.28 Å². The fourth-order valence-corrected chi connectivity index (χ4v) is 4.19. The van der Waals surface area contributed by atoms with Crippen molar-refractivity contribution < 1.29 is 9.47 Å². The quantitative estimate of drug-likeness (QED) is 0.528. The molecule has 9 heteroatoms. The maximum absolute atomic E-state index is 6.34. The summed E-state index contributed by atoms with van der Waals surface area (Å²) in [7, 11) is 1.60. The van der Waals surface area contributed by atoms with Crippen molar-refractivity contribution in [3.05, 3.63) is 35.7 Å². The summed E-state index contributed by atoms with van der Waals surface area (Å²) < 4.78 is 10.8. The van der Waals surface area contributed by atoms with Crippen molar-refractivity contribution in [1.29, 1.82) is 0 Å². The van der Waals surface area contributed by atoms with Gasteiger partial charge in [-0.25, -0.2) is 15.0 Å². The van der Waals surface area contributed by atoms with E-state index in [0.29, 0.717) is 30.3 Å².